The number of benzene rings is 2. The van der Waals surface area contributed by atoms with E-state index in [1.165, 1.54) is 0 Å². The van der Waals surface area contributed by atoms with Gasteiger partial charge < -0.3 is 10.6 Å². The maximum atomic E-state index is 12.3. The van der Waals surface area contributed by atoms with Crippen LogP contribution >= 0.6 is 0 Å². The molecule has 6 heteroatoms. The molecule has 118 valence electrons. The number of nitrogens with zero attached hydrogens (tertiary/aromatic N) is 2. The van der Waals surface area contributed by atoms with E-state index in [2.05, 4.69) is 25.6 Å². The summed E-state index contributed by atoms with van der Waals surface area (Å²) in [7, 11) is 0. The Morgan fingerprint density at radius 3 is 2.70 bits per heavy atom. The Hall–Kier alpha value is -2.73. The van der Waals surface area contributed by atoms with Crippen LogP contribution < -0.4 is 10.6 Å². The van der Waals surface area contributed by atoms with E-state index in [1.807, 2.05) is 55.5 Å². The van der Waals surface area contributed by atoms with Crippen LogP contribution in [0, 0.1) is 0 Å². The fraction of sp³-hybridized carbons (Fsp3) is 0.235. The molecule has 23 heavy (non-hydrogen) atoms. The summed E-state index contributed by atoms with van der Waals surface area (Å²) in [5, 5.41) is 13.8. The van der Waals surface area contributed by atoms with Crippen molar-refractivity contribution >= 4 is 22.6 Å². The number of carbonyl (C=O) groups excluding carboxylic acids is 1. The minimum Gasteiger partial charge on any atom is -0.325 e. The second-order valence-electron chi connectivity index (χ2n) is 5.28. The van der Waals surface area contributed by atoms with E-state index >= 15 is 0 Å². The van der Waals surface area contributed by atoms with E-state index in [-0.39, 0.29) is 11.9 Å². The molecule has 2 aromatic carbocycles. The van der Waals surface area contributed by atoms with Gasteiger partial charge in [-0.1, -0.05) is 31.2 Å². The molecule has 0 aliphatic rings. The van der Waals surface area contributed by atoms with E-state index in [9.17, 15) is 4.79 Å². The van der Waals surface area contributed by atoms with Gasteiger partial charge in [-0.25, -0.2) is 4.63 Å². The van der Waals surface area contributed by atoms with Crippen LogP contribution in [0.25, 0.3) is 11.0 Å². The number of carbonyl (C=O) groups is 1. The first-order chi connectivity index (χ1) is 11.3. The van der Waals surface area contributed by atoms with Crippen molar-refractivity contribution < 1.29 is 9.42 Å². The topological polar surface area (TPSA) is 80.1 Å². The first kappa shape index (κ1) is 15.2. The lowest BCUT2D eigenvalue weighted by atomic mass is 10.1. The van der Waals surface area contributed by atoms with Gasteiger partial charge in [0.05, 0.1) is 6.04 Å². The molecule has 1 aromatic heterocycles. The van der Waals surface area contributed by atoms with Crippen LogP contribution in [0.3, 0.4) is 0 Å². The molecule has 0 unspecified atom stereocenters. The highest BCUT2D eigenvalue weighted by molar-refractivity contribution is 5.94. The first-order valence-corrected chi connectivity index (χ1v) is 7.57. The minimum absolute atomic E-state index is 0.0390. The number of fused-ring (bicyclic) bond motifs is 1. The number of hydrogen-bond acceptors (Lipinski definition) is 5. The second-order valence-corrected chi connectivity index (χ2v) is 5.28. The monoisotopic (exact) mass is 310 g/mol. The molecule has 0 aliphatic carbocycles. The third-order valence-corrected chi connectivity index (χ3v) is 3.64. The predicted octanol–water partition coefficient (Wildman–Crippen LogP) is 2.73. The zero-order valence-electron chi connectivity index (χ0n) is 12.8. The van der Waals surface area contributed by atoms with Crippen LogP contribution in [0.5, 0.6) is 0 Å². The summed E-state index contributed by atoms with van der Waals surface area (Å²) < 4.78 is 4.69. The average molecular weight is 310 g/mol. The van der Waals surface area contributed by atoms with Crippen molar-refractivity contribution in [1.29, 1.82) is 0 Å². The molecule has 0 fully saturated rings. The van der Waals surface area contributed by atoms with Gasteiger partial charge in [-0.05, 0) is 46.6 Å². The van der Waals surface area contributed by atoms with E-state index in [0.29, 0.717) is 18.5 Å². The van der Waals surface area contributed by atoms with Crippen LogP contribution in [0.1, 0.15) is 18.9 Å². The Kier molecular flexibility index (Phi) is 4.63. The normalized spacial score (nSPS) is 12.2. The molecule has 2 N–H and O–H groups in total. The number of rotatable bonds is 6. The Bertz CT molecular complexity index is 785. The molecule has 1 heterocycles. The molecule has 3 aromatic rings. The van der Waals surface area contributed by atoms with E-state index < -0.39 is 0 Å². The Morgan fingerprint density at radius 2 is 1.91 bits per heavy atom. The zero-order chi connectivity index (χ0) is 16.1. The van der Waals surface area contributed by atoms with Crippen LogP contribution in [-0.4, -0.2) is 22.3 Å². The molecule has 3 rings (SSSR count). The number of nitrogens with one attached hydrogen (secondary N) is 2. The molecule has 0 aliphatic heterocycles. The fourth-order valence-electron chi connectivity index (χ4n) is 2.35. The van der Waals surface area contributed by atoms with Gasteiger partial charge in [0, 0.05) is 12.2 Å². The first-order valence-electron chi connectivity index (χ1n) is 7.57. The van der Waals surface area contributed by atoms with E-state index in [0.717, 1.165) is 16.8 Å². The summed E-state index contributed by atoms with van der Waals surface area (Å²) >= 11 is 0. The minimum atomic E-state index is -0.263. The zero-order valence-corrected chi connectivity index (χ0v) is 12.8. The average Bonchev–Trinajstić information content (AvgIpc) is 3.04. The van der Waals surface area contributed by atoms with Crippen molar-refractivity contribution in [3.8, 4) is 0 Å². The highest BCUT2D eigenvalue weighted by Crippen LogP contribution is 2.12. The second kappa shape index (κ2) is 7.02. The van der Waals surface area contributed by atoms with Crippen LogP contribution in [0.15, 0.2) is 53.2 Å². The quantitative estimate of drug-likeness (QED) is 0.732. The molecule has 0 saturated heterocycles. The summed E-state index contributed by atoms with van der Waals surface area (Å²) in [6.45, 7) is 2.55. The molecule has 0 bridgehead atoms. The van der Waals surface area contributed by atoms with Crippen molar-refractivity contribution in [1.82, 2.24) is 15.6 Å². The fourth-order valence-corrected chi connectivity index (χ4v) is 2.35. The van der Waals surface area contributed by atoms with Crippen LogP contribution in [0.4, 0.5) is 5.69 Å². The highest BCUT2D eigenvalue weighted by Gasteiger charge is 2.16. The van der Waals surface area contributed by atoms with Crippen molar-refractivity contribution in [3.63, 3.8) is 0 Å². The third kappa shape index (κ3) is 3.73. The lowest BCUT2D eigenvalue weighted by Crippen LogP contribution is -2.39. The number of aromatic nitrogens is 2. The van der Waals surface area contributed by atoms with Crippen molar-refractivity contribution in [2.75, 3.05) is 5.32 Å². The van der Waals surface area contributed by atoms with Crippen molar-refractivity contribution in [2.24, 2.45) is 0 Å². The molecular weight excluding hydrogens is 292 g/mol. The van der Waals surface area contributed by atoms with Gasteiger partial charge in [-0.3, -0.25) is 4.79 Å². The van der Waals surface area contributed by atoms with E-state index in [4.69, 9.17) is 0 Å². The van der Waals surface area contributed by atoms with Crippen molar-refractivity contribution in [3.05, 3.63) is 54.1 Å². The number of hydrogen-bond donors (Lipinski definition) is 2. The van der Waals surface area contributed by atoms with Gasteiger partial charge in [0.1, 0.15) is 11.0 Å². The smallest absolute Gasteiger partial charge is 0.241 e. The number of anilines is 1. The van der Waals surface area contributed by atoms with Gasteiger partial charge >= 0.3 is 0 Å². The predicted molar refractivity (Wildman–Crippen MR) is 87.8 cm³/mol. The Labute approximate surface area is 133 Å². The third-order valence-electron chi connectivity index (χ3n) is 3.64. The summed E-state index contributed by atoms with van der Waals surface area (Å²) in [4.78, 5) is 12.3. The van der Waals surface area contributed by atoms with E-state index in [1.54, 1.807) is 0 Å². The summed E-state index contributed by atoms with van der Waals surface area (Å²) in [5.41, 5.74) is 3.26. The largest absolute Gasteiger partial charge is 0.325 e. The highest BCUT2D eigenvalue weighted by atomic mass is 16.6. The molecular formula is C17H18N4O2. The molecule has 0 saturated carbocycles. The van der Waals surface area contributed by atoms with Crippen LogP contribution in [0.2, 0.25) is 0 Å². The number of para-hydroxylation sites is 1. The lowest BCUT2D eigenvalue weighted by molar-refractivity contribution is -0.118. The summed E-state index contributed by atoms with van der Waals surface area (Å²) in [6, 6.07) is 14.9. The van der Waals surface area contributed by atoms with Gasteiger partial charge in [0.2, 0.25) is 5.91 Å². The molecule has 1 amide bonds. The van der Waals surface area contributed by atoms with Gasteiger partial charge in [0.15, 0.2) is 0 Å². The van der Waals surface area contributed by atoms with Gasteiger partial charge in [-0.2, -0.15) is 0 Å². The van der Waals surface area contributed by atoms with Gasteiger partial charge in [-0.15, -0.1) is 0 Å². The lowest BCUT2D eigenvalue weighted by Gasteiger charge is -2.17. The molecule has 0 spiro atoms. The Morgan fingerprint density at radius 1 is 1.13 bits per heavy atom. The van der Waals surface area contributed by atoms with Crippen molar-refractivity contribution in [2.45, 2.75) is 25.9 Å². The van der Waals surface area contributed by atoms with Gasteiger partial charge in [0.25, 0.3) is 0 Å². The Balaban J connectivity index is 1.61. The SMILES string of the molecule is CC[C@@H](NCc1ccc2nonc2c1)C(=O)Nc1ccccc1. The standard InChI is InChI=1S/C17H18N4O2/c1-2-14(17(22)19-13-6-4-3-5-7-13)18-11-12-8-9-15-16(10-12)21-23-20-15/h3-10,14,18H,2,11H2,1H3,(H,19,22)/t14-/m1/s1. The summed E-state index contributed by atoms with van der Waals surface area (Å²) in [6.07, 6.45) is 0.701. The maximum Gasteiger partial charge on any atom is 0.241 e. The van der Waals surface area contributed by atoms with Crippen LogP contribution in [-0.2, 0) is 11.3 Å². The molecule has 6 nitrogen and oxygen atoms in total. The maximum absolute atomic E-state index is 12.3. The molecule has 1 atom stereocenters. The molecule has 0 radical (unpaired) electrons. The summed E-state index contributed by atoms with van der Waals surface area (Å²) in [5.74, 6) is -0.0390. The number of amides is 1.